The van der Waals surface area contributed by atoms with E-state index >= 15 is 0 Å². The van der Waals surface area contributed by atoms with Crippen molar-refractivity contribution in [1.29, 1.82) is 0 Å². The molecule has 0 atom stereocenters. The molecule has 4 aromatic rings. The molecule has 0 radical (unpaired) electrons. The summed E-state index contributed by atoms with van der Waals surface area (Å²) in [7, 11) is 0. The molecular weight excluding hydrogens is 448 g/mol. The van der Waals surface area contributed by atoms with E-state index in [1.165, 1.54) is 16.7 Å². The first-order valence-electron chi connectivity index (χ1n) is 10.9. The van der Waals surface area contributed by atoms with Crippen molar-refractivity contribution in [2.75, 3.05) is 6.79 Å². The number of aromatic nitrogens is 3. The molecule has 0 aliphatic carbocycles. The van der Waals surface area contributed by atoms with Gasteiger partial charge in [-0.05, 0) is 55.3 Å². The quantitative estimate of drug-likeness (QED) is 0.388. The van der Waals surface area contributed by atoms with Crippen LogP contribution in [0.2, 0.25) is 0 Å². The number of ether oxygens (including phenoxy) is 2. The molecule has 0 saturated heterocycles. The lowest BCUT2D eigenvalue weighted by Crippen LogP contribution is -2.24. The summed E-state index contributed by atoms with van der Waals surface area (Å²) in [5.74, 6) is 2.44. The minimum absolute atomic E-state index is 0.170. The summed E-state index contributed by atoms with van der Waals surface area (Å²) in [6.45, 7) is 4.57. The van der Waals surface area contributed by atoms with E-state index in [-0.39, 0.29) is 19.2 Å². The van der Waals surface area contributed by atoms with E-state index in [2.05, 4.69) is 53.6 Å². The molecule has 172 valence electrons. The highest BCUT2D eigenvalue weighted by Crippen LogP contribution is 2.32. The van der Waals surface area contributed by atoms with Crippen molar-refractivity contribution in [3.8, 4) is 17.2 Å². The third-order valence-electron chi connectivity index (χ3n) is 5.65. The van der Waals surface area contributed by atoms with E-state index in [0.717, 1.165) is 16.6 Å². The molecular formula is C26H24N4O3S. The zero-order valence-electron chi connectivity index (χ0n) is 18.9. The maximum absolute atomic E-state index is 12.8. The van der Waals surface area contributed by atoms with Gasteiger partial charge in [0.05, 0.1) is 6.54 Å². The second-order valence-electron chi connectivity index (χ2n) is 8.04. The monoisotopic (exact) mass is 472 g/mol. The molecule has 0 bridgehead atoms. The average Bonchev–Trinajstić information content (AvgIpc) is 3.49. The van der Waals surface area contributed by atoms with Crippen molar-refractivity contribution < 1.29 is 14.3 Å². The Morgan fingerprint density at radius 1 is 1.00 bits per heavy atom. The fourth-order valence-corrected chi connectivity index (χ4v) is 4.72. The van der Waals surface area contributed by atoms with E-state index in [1.54, 1.807) is 30.0 Å². The molecule has 1 aliphatic rings. The normalized spacial score (nSPS) is 12.1. The van der Waals surface area contributed by atoms with Crippen LogP contribution < -0.4 is 14.8 Å². The number of hydrogen-bond acceptors (Lipinski definition) is 6. The summed E-state index contributed by atoms with van der Waals surface area (Å²) in [5, 5.41) is 12.6. The highest BCUT2D eigenvalue weighted by atomic mass is 32.2. The van der Waals surface area contributed by atoms with Gasteiger partial charge in [0, 0.05) is 17.0 Å². The second-order valence-corrected chi connectivity index (χ2v) is 8.98. The summed E-state index contributed by atoms with van der Waals surface area (Å²) in [5.41, 5.74) is 5.12. The molecule has 8 heteroatoms. The molecule has 2 heterocycles. The smallest absolute Gasteiger partial charge is 0.251 e. The Hall–Kier alpha value is -3.78. The van der Waals surface area contributed by atoms with Crippen LogP contribution in [0.15, 0.2) is 71.9 Å². The molecule has 0 unspecified atom stereocenters. The SMILES string of the molecule is Cc1ccc(-n2c(CNC(=O)c3ccc4c(c3)OCO4)nnc2SCc2ccccc2C)cc1. The third kappa shape index (κ3) is 4.63. The van der Waals surface area contributed by atoms with Gasteiger partial charge in [0.15, 0.2) is 22.5 Å². The molecule has 5 rings (SSSR count). The Labute approximate surface area is 202 Å². The average molecular weight is 473 g/mol. The van der Waals surface area contributed by atoms with Gasteiger partial charge in [0.2, 0.25) is 6.79 Å². The zero-order chi connectivity index (χ0) is 23.5. The first kappa shape index (κ1) is 22.0. The molecule has 1 aliphatic heterocycles. The number of nitrogens with one attached hydrogen (secondary N) is 1. The number of hydrogen-bond donors (Lipinski definition) is 1. The van der Waals surface area contributed by atoms with Gasteiger partial charge >= 0.3 is 0 Å². The van der Waals surface area contributed by atoms with Crippen molar-refractivity contribution in [2.24, 2.45) is 0 Å². The van der Waals surface area contributed by atoms with Crippen LogP contribution in [-0.2, 0) is 12.3 Å². The van der Waals surface area contributed by atoms with Gasteiger partial charge in [0.25, 0.3) is 5.91 Å². The van der Waals surface area contributed by atoms with Crippen LogP contribution in [0.1, 0.15) is 32.9 Å². The number of carbonyl (C=O) groups is 1. The fourth-order valence-electron chi connectivity index (χ4n) is 3.67. The van der Waals surface area contributed by atoms with E-state index in [9.17, 15) is 4.79 Å². The van der Waals surface area contributed by atoms with Crippen LogP contribution in [0.4, 0.5) is 0 Å². The zero-order valence-corrected chi connectivity index (χ0v) is 19.8. The molecule has 3 aromatic carbocycles. The molecule has 0 saturated carbocycles. The Bertz CT molecular complexity index is 1330. The Morgan fingerprint density at radius 3 is 2.62 bits per heavy atom. The van der Waals surface area contributed by atoms with Gasteiger partial charge in [-0.3, -0.25) is 9.36 Å². The minimum Gasteiger partial charge on any atom is -0.454 e. The van der Waals surface area contributed by atoms with Crippen molar-refractivity contribution in [1.82, 2.24) is 20.1 Å². The van der Waals surface area contributed by atoms with E-state index in [1.807, 2.05) is 28.8 Å². The Kier molecular flexibility index (Phi) is 6.22. The number of carbonyl (C=O) groups excluding carboxylic acids is 1. The highest BCUT2D eigenvalue weighted by Gasteiger charge is 2.19. The summed E-state index contributed by atoms with van der Waals surface area (Å²) in [4.78, 5) is 12.8. The number of aryl methyl sites for hydroxylation is 2. The molecule has 1 aromatic heterocycles. The summed E-state index contributed by atoms with van der Waals surface area (Å²) < 4.78 is 12.7. The van der Waals surface area contributed by atoms with Gasteiger partial charge < -0.3 is 14.8 Å². The molecule has 1 amide bonds. The van der Waals surface area contributed by atoms with Gasteiger partial charge in [-0.15, -0.1) is 10.2 Å². The highest BCUT2D eigenvalue weighted by molar-refractivity contribution is 7.98. The number of benzene rings is 3. The van der Waals surface area contributed by atoms with Crippen LogP contribution in [0.5, 0.6) is 11.5 Å². The molecule has 1 N–H and O–H groups in total. The van der Waals surface area contributed by atoms with Gasteiger partial charge in [-0.2, -0.15) is 0 Å². The van der Waals surface area contributed by atoms with Gasteiger partial charge in [0.1, 0.15) is 0 Å². The maximum Gasteiger partial charge on any atom is 0.251 e. The van der Waals surface area contributed by atoms with Crippen molar-refractivity contribution >= 4 is 17.7 Å². The number of amides is 1. The fraction of sp³-hybridized carbons (Fsp3) is 0.192. The molecule has 7 nitrogen and oxygen atoms in total. The first-order valence-corrected chi connectivity index (χ1v) is 11.9. The van der Waals surface area contributed by atoms with Crippen LogP contribution in [0, 0.1) is 13.8 Å². The summed E-state index contributed by atoms with van der Waals surface area (Å²) in [6, 6.07) is 21.7. The largest absolute Gasteiger partial charge is 0.454 e. The summed E-state index contributed by atoms with van der Waals surface area (Å²) in [6.07, 6.45) is 0. The lowest BCUT2D eigenvalue weighted by Gasteiger charge is -2.12. The maximum atomic E-state index is 12.8. The van der Waals surface area contributed by atoms with Crippen molar-refractivity contribution in [3.63, 3.8) is 0 Å². The lowest BCUT2D eigenvalue weighted by molar-refractivity contribution is 0.0949. The number of nitrogens with zero attached hydrogens (tertiary/aromatic N) is 3. The van der Waals surface area contributed by atoms with Crippen LogP contribution in [0.3, 0.4) is 0 Å². The predicted octanol–water partition coefficient (Wildman–Crippen LogP) is 4.84. The van der Waals surface area contributed by atoms with Crippen molar-refractivity contribution in [3.05, 3.63) is 94.8 Å². The van der Waals surface area contributed by atoms with Crippen LogP contribution >= 0.6 is 11.8 Å². The number of rotatable bonds is 7. The van der Waals surface area contributed by atoms with Crippen LogP contribution in [-0.4, -0.2) is 27.5 Å². The van der Waals surface area contributed by atoms with Crippen molar-refractivity contribution in [2.45, 2.75) is 31.3 Å². The topological polar surface area (TPSA) is 78.3 Å². The second kappa shape index (κ2) is 9.61. The molecule has 0 spiro atoms. The van der Waals surface area contributed by atoms with E-state index < -0.39 is 0 Å². The predicted molar refractivity (Wildman–Crippen MR) is 131 cm³/mol. The molecule has 0 fully saturated rings. The minimum atomic E-state index is -0.217. The summed E-state index contributed by atoms with van der Waals surface area (Å²) >= 11 is 1.62. The standard InChI is InChI=1S/C26H24N4O3S/c1-17-7-10-21(11-8-17)30-24(28-29-26(30)34-15-20-6-4-3-5-18(20)2)14-27-25(31)19-9-12-22-23(13-19)33-16-32-22/h3-13H,14-16H2,1-2H3,(H,27,31). The van der Waals surface area contributed by atoms with Crippen LogP contribution in [0.25, 0.3) is 5.69 Å². The van der Waals surface area contributed by atoms with Gasteiger partial charge in [-0.25, -0.2) is 0 Å². The van der Waals surface area contributed by atoms with E-state index in [0.29, 0.717) is 22.9 Å². The lowest BCUT2D eigenvalue weighted by atomic mass is 10.1. The Balaban J connectivity index is 1.37. The number of fused-ring (bicyclic) bond motifs is 1. The third-order valence-corrected chi connectivity index (χ3v) is 6.63. The Morgan fingerprint density at radius 2 is 1.79 bits per heavy atom. The van der Waals surface area contributed by atoms with E-state index in [4.69, 9.17) is 9.47 Å². The number of thioether (sulfide) groups is 1. The van der Waals surface area contributed by atoms with Gasteiger partial charge in [-0.1, -0.05) is 53.7 Å². The first-order chi connectivity index (χ1) is 16.6. The molecule has 34 heavy (non-hydrogen) atoms.